The number of hydrogen-bond donors (Lipinski definition) is 2. The van der Waals surface area contributed by atoms with E-state index >= 15 is 0 Å². The molecule has 2 aliphatic heterocycles. The summed E-state index contributed by atoms with van der Waals surface area (Å²) in [7, 11) is 0. The molecule has 2 aliphatic rings. The smallest absolute Gasteiger partial charge is 0.475 e. The van der Waals surface area contributed by atoms with E-state index in [-0.39, 0.29) is 5.82 Å². The molecule has 2 atom stereocenters. The van der Waals surface area contributed by atoms with E-state index < -0.39 is 24.3 Å². The zero-order valence-electron chi connectivity index (χ0n) is 19.2. The fourth-order valence-corrected chi connectivity index (χ4v) is 4.06. The summed E-state index contributed by atoms with van der Waals surface area (Å²) in [5.74, 6) is -4.16. The summed E-state index contributed by atoms with van der Waals surface area (Å²) in [5.41, 5.74) is 2.24. The van der Waals surface area contributed by atoms with Crippen LogP contribution in [-0.4, -0.2) is 75.5 Å². The van der Waals surface area contributed by atoms with Crippen LogP contribution in [-0.2, 0) is 22.7 Å². The molecular formula is C23H24F7N3O4. The van der Waals surface area contributed by atoms with Gasteiger partial charge in [0.05, 0.1) is 5.69 Å². The van der Waals surface area contributed by atoms with Gasteiger partial charge >= 0.3 is 24.3 Å². The first kappa shape index (κ1) is 30.0. The van der Waals surface area contributed by atoms with E-state index in [1.807, 2.05) is 18.3 Å². The number of rotatable bonds is 4. The Hall–Kier alpha value is -3.26. The molecule has 0 amide bonds. The monoisotopic (exact) mass is 539 g/mol. The van der Waals surface area contributed by atoms with Crippen LogP contribution in [0.2, 0.25) is 0 Å². The number of fused-ring (bicyclic) bond motifs is 1. The van der Waals surface area contributed by atoms with Gasteiger partial charge < -0.3 is 10.2 Å². The van der Waals surface area contributed by atoms with Gasteiger partial charge in [-0.05, 0) is 41.7 Å². The van der Waals surface area contributed by atoms with Gasteiger partial charge in [-0.25, -0.2) is 14.0 Å². The molecular weight excluding hydrogens is 515 g/mol. The number of halogens is 7. The van der Waals surface area contributed by atoms with Gasteiger partial charge in [0, 0.05) is 45.5 Å². The van der Waals surface area contributed by atoms with Gasteiger partial charge in [-0.15, -0.1) is 0 Å². The molecule has 7 nitrogen and oxygen atoms in total. The minimum Gasteiger partial charge on any atom is -0.475 e. The molecule has 3 heterocycles. The number of likely N-dealkylation sites (tertiary alicyclic amines) is 2. The van der Waals surface area contributed by atoms with Crippen molar-refractivity contribution >= 4 is 11.9 Å². The number of hydrogen-bond acceptors (Lipinski definition) is 5. The van der Waals surface area contributed by atoms with Crippen LogP contribution >= 0.6 is 0 Å². The number of carboxylic acids is 2. The summed E-state index contributed by atoms with van der Waals surface area (Å²) >= 11 is 0. The van der Waals surface area contributed by atoms with Gasteiger partial charge in [0.1, 0.15) is 5.82 Å². The third kappa shape index (κ3) is 10.3. The Balaban J connectivity index is 0.000000286. The van der Waals surface area contributed by atoms with Gasteiger partial charge in [0.15, 0.2) is 0 Å². The van der Waals surface area contributed by atoms with Crippen LogP contribution < -0.4 is 0 Å². The number of nitrogens with zero attached hydrogens (tertiary/aromatic N) is 3. The van der Waals surface area contributed by atoms with Crippen LogP contribution in [0.5, 0.6) is 0 Å². The van der Waals surface area contributed by atoms with E-state index in [0.717, 1.165) is 62.4 Å². The van der Waals surface area contributed by atoms with E-state index in [9.17, 15) is 30.7 Å². The maximum Gasteiger partial charge on any atom is 0.490 e. The first-order valence-corrected chi connectivity index (χ1v) is 10.8. The predicted octanol–water partition coefficient (Wildman–Crippen LogP) is 4.05. The highest BCUT2D eigenvalue weighted by atomic mass is 19.4. The van der Waals surface area contributed by atoms with Crippen LogP contribution in [0, 0.1) is 17.7 Å². The minimum atomic E-state index is -5.08. The summed E-state index contributed by atoms with van der Waals surface area (Å²) in [4.78, 5) is 27.2. The molecule has 1 aromatic heterocycles. The van der Waals surface area contributed by atoms with Crippen molar-refractivity contribution in [2.45, 2.75) is 25.4 Å². The third-order valence-corrected chi connectivity index (χ3v) is 5.53. The Kier molecular flexibility index (Phi) is 10.4. The zero-order valence-corrected chi connectivity index (χ0v) is 19.2. The van der Waals surface area contributed by atoms with E-state index in [4.69, 9.17) is 19.8 Å². The van der Waals surface area contributed by atoms with Crippen LogP contribution in [0.1, 0.15) is 11.3 Å². The Morgan fingerprint density at radius 2 is 1.30 bits per heavy atom. The van der Waals surface area contributed by atoms with Crippen molar-refractivity contribution in [1.29, 1.82) is 0 Å². The third-order valence-electron chi connectivity index (χ3n) is 5.53. The van der Waals surface area contributed by atoms with Crippen molar-refractivity contribution in [3.8, 4) is 0 Å². The van der Waals surface area contributed by atoms with Gasteiger partial charge in [0.2, 0.25) is 0 Å². The summed E-state index contributed by atoms with van der Waals surface area (Å²) in [6, 6.07) is 13.1. The average Bonchev–Trinajstić information content (AvgIpc) is 3.32. The van der Waals surface area contributed by atoms with Gasteiger partial charge in [-0.2, -0.15) is 26.3 Å². The Labute approximate surface area is 207 Å². The summed E-state index contributed by atoms with van der Waals surface area (Å²) in [5, 5.41) is 14.2. The van der Waals surface area contributed by atoms with Gasteiger partial charge in [0.25, 0.3) is 0 Å². The van der Waals surface area contributed by atoms with E-state index in [1.54, 1.807) is 12.1 Å². The fourth-order valence-electron chi connectivity index (χ4n) is 4.06. The number of carbonyl (C=O) groups is 2. The highest BCUT2D eigenvalue weighted by Gasteiger charge is 2.40. The average molecular weight is 539 g/mol. The van der Waals surface area contributed by atoms with Crippen molar-refractivity contribution in [3.05, 3.63) is 65.7 Å². The molecule has 37 heavy (non-hydrogen) atoms. The maximum absolute atomic E-state index is 13.3. The second-order valence-electron chi connectivity index (χ2n) is 8.47. The SMILES string of the molecule is Fc1cccc(CN2C[C@@H]3CN(Cc4ccccn4)C[C@@H]3C2)c1.O=C(O)C(F)(F)F.O=C(O)C(F)(F)F. The summed E-state index contributed by atoms with van der Waals surface area (Å²) in [6.07, 6.45) is -8.30. The molecule has 2 aromatic rings. The molecule has 0 bridgehead atoms. The van der Waals surface area contributed by atoms with E-state index in [0.29, 0.717) is 0 Å². The standard InChI is InChI=1S/C19H22FN3.2C2HF3O2/c20-18-5-3-4-15(8-18)9-22-10-16-12-23(13-17(16)11-22)14-19-6-1-2-7-21-19;2*3-2(4,5)1(6)7/h1-8,16-17H,9-14H2;2*(H,6,7)/t16-,17+;;. The van der Waals surface area contributed by atoms with Crippen LogP contribution in [0.25, 0.3) is 0 Å². The molecule has 2 fully saturated rings. The van der Waals surface area contributed by atoms with Crippen molar-refractivity contribution in [3.63, 3.8) is 0 Å². The van der Waals surface area contributed by atoms with Crippen molar-refractivity contribution in [1.82, 2.24) is 14.8 Å². The van der Waals surface area contributed by atoms with Crippen LogP contribution in [0.4, 0.5) is 30.7 Å². The first-order chi connectivity index (χ1) is 17.1. The van der Waals surface area contributed by atoms with Crippen molar-refractivity contribution in [2.24, 2.45) is 11.8 Å². The number of benzene rings is 1. The second kappa shape index (κ2) is 12.8. The molecule has 14 heteroatoms. The largest absolute Gasteiger partial charge is 0.490 e. The Morgan fingerprint density at radius 1 is 0.811 bits per heavy atom. The zero-order chi connectivity index (χ0) is 27.8. The molecule has 2 N–H and O–H groups in total. The molecule has 0 spiro atoms. The number of aliphatic carboxylic acids is 2. The molecule has 2 saturated heterocycles. The lowest BCUT2D eigenvalue weighted by molar-refractivity contribution is -0.193. The second-order valence-corrected chi connectivity index (χ2v) is 8.47. The topological polar surface area (TPSA) is 94.0 Å². The lowest BCUT2D eigenvalue weighted by Gasteiger charge is -2.21. The highest BCUT2D eigenvalue weighted by Crippen LogP contribution is 2.32. The fraction of sp³-hybridized carbons (Fsp3) is 0.435. The quantitative estimate of drug-likeness (QED) is 0.567. The maximum atomic E-state index is 13.3. The lowest BCUT2D eigenvalue weighted by Crippen LogP contribution is -2.28. The molecule has 0 radical (unpaired) electrons. The Bertz CT molecular complexity index is 997. The summed E-state index contributed by atoms with van der Waals surface area (Å²) < 4.78 is 76.8. The summed E-state index contributed by atoms with van der Waals surface area (Å²) in [6.45, 7) is 6.38. The molecule has 4 rings (SSSR count). The van der Waals surface area contributed by atoms with Crippen molar-refractivity contribution in [2.75, 3.05) is 26.2 Å². The van der Waals surface area contributed by atoms with Crippen LogP contribution in [0.3, 0.4) is 0 Å². The van der Waals surface area contributed by atoms with E-state index in [2.05, 4.69) is 26.9 Å². The Morgan fingerprint density at radius 3 is 1.70 bits per heavy atom. The minimum absolute atomic E-state index is 0.136. The number of alkyl halides is 6. The molecule has 0 saturated carbocycles. The van der Waals surface area contributed by atoms with Gasteiger partial charge in [-0.1, -0.05) is 18.2 Å². The normalized spacial score (nSPS) is 19.8. The molecule has 0 unspecified atom stereocenters. The molecule has 1 aromatic carbocycles. The van der Waals surface area contributed by atoms with E-state index in [1.165, 1.54) is 6.07 Å². The van der Waals surface area contributed by atoms with Crippen molar-refractivity contribution < 1.29 is 50.5 Å². The predicted molar refractivity (Wildman–Crippen MR) is 116 cm³/mol. The lowest BCUT2D eigenvalue weighted by atomic mass is 10.0. The molecule has 204 valence electrons. The number of pyridine rings is 1. The molecule has 0 aliphatic carbocycles. The number of carboxylic acid groups (broad SMARTS) is 2. The van der Waals surface area contributed by atoms with Gasteiger partial charge in [-0.3, -0.25) is 14.8 Å². The number of aromatic nitrogens is 1. The highest BCUT2D eigenvalue weighted by molar-refractivity contribution is 5.73. The van der Waals surface area contributed by atoms with Crippen LogP contribution in [0.15, 0.2) is 48.7 Å². The first-order valence-electron chi connectivity index (χ1n) is 10.8.